The standard InChI is InChI=1S/C18H19N9O5S2/c1-26-18(23-24-25-26)34-7-8-6-33-15-11(14(29)27(15)12(8)16(30)31)21-13(28)10(22-17(19)32)9-4-2-3-5-20-9/h2-5,10-11,15H,6-7H2,1H3,(H,21,28)(H,30,31)(H3,19,22,32)/t10?,11-,15?/m1/s1. The van der Waals surface area contributed by atoms with Crippen molar-refractivity contribution >= 4 is 47.3 Å². The molecule has 0 radical (unpaired) electrons. The Morgan fingerprint density at radius 1 is 1.38 bits per heavy atom. The van der Waals surface area contributed by atoms with Crippen LogP contribution in [-0.2, 0) is 21.4 Å². The van der Waals surface area contributed by atoms with Crippen LogP contribution in [-0.4, -0.2) is 81.9 Å². The van der Waals surface area contributed by atoms with Crippen LogP contribution in [0.2, 0.25) is 0 Å². The van der Waals surface area contributed by atoms with Crippen LogP contribution < -0.4 is 16.4 Å². The first-order chi connectivity index (χ1) is 16.3. The Morgan fingerprint density at radius 3 is 2.79 bits per heavy atom. The predicted molar refractivity (Wildman–Crippen MR) is 119 cm³/mol. The van der Waals surface area contributed by atoms with Crippen LogP contribution in [0.25, 0.3) is 0 Å². The van der Waals surface area contributed by atoms with Crippen LogP contribution in [0.1, 0.15) is 11.7 Å². The summed E-state index contributed by atoms with van der Waals surface area (Å²) < 4.78 is 1.46. The lowest BCUT2D eigenvalue weighted by Gasteiger charge is -2.49. The third-order valence-corrected chi connectivity index (χ3v) is 7.47. The van der Waals surface area contributed by atoms with Crippen LogP contribution in [0.3, 0.4) is 0 Å². The molecule has 2 aliphatic rings. The first-order valence-electron chi connectivity index (χ1n) is 9.80. The first-order valence-corrected chi connectivity index (χ1v) is 11.8. The fourth-order valence-corrected chi connectivity index (χ4v) is 5.82. The zero-order valence-electron chi connectivity index (χ0n) is 17.6. The first kappa shape index (κ1) is 23.5. The molecule has 2 aromatic heterocycles. The molecule has 1 fully saturated rings. The van der Waals surface area contributed by atoms with E-state index in [1.54, 1.807) is 19.2 Å². The number of fused-ring (bicyclic) bond motifs is 1. The Kier molecular flexibility index (Phi) is 6.69. The second kappa shape index (κ2) is 9.68. The summed E-state index contributed by atoms with van der Waals surface area (Å²) in [5.41, 5.74) is 5.86. The van der Waals surface area contributed by atoms with Crippen molar-refractivity contribution in [2.24, 2.45) is 12.8 Å². The number of thioether (sulfide) groups is 2. The molecule has 2 aliphatic heterocycles. The van der Waals surface area contributed by atoms with E-state index in [0.717, 1.165) is 0 Å². The molecular weight excluding hydrogens is 486 g/mol. The monoisotopic (exact) mass is 505 g/mol. The van der Waals surface area contributed by atoms with Crippen molar-refractivity contribution in [2.45, 2.75) is 22.6 Å². The average Bonchev–Trinajstić information content (AvgIpc) is 3.23. The van der Waals surface area contributed by atoms with Crippen molar-refractivity contribution in [1.29, 1.82) is 0 Å². The summed E-state index contributed by atoms with van der Waals surface area (Å²) in [5, 5.41) is 25.7. The van der Waals surface area contributed by atoms with Gasteiger partial charge in [0.25, 0.3) is 5.91 Å². The number of aryl methyl sites for hydroxylation is 1. The number of amides is 4. The van der Waals surface area contributed by atoms with Crippen LogP contribution in [0, 0.1) is 0 Å². The van der Waals surface area contributed by atoms with Gasteiger partial charge in [0.05, 0.1) is 5.69 Å². The second-order valence-electron chi connectivity index (χ2n) is 7.22. The maximum Gasteiger partial charge on any atom is 0.352 e. The van der Waals surface area contributed by atoms with E-state index in [1.165, 1.54) is 45.4 Å². The molecule has 4 rings (SSSR count). The highest BCUT2D eigenvalue weighted by atomic mass is 32.2. The highest BCUT2D eigenvalue weighted by molar-refractivity contribution is 8.01. The molecule has 4 amide bonds. The largest absolute Gasteiger partial charge is 0.477 e. The molecular formula is C18H19N9O5S2. The van der Waals surface area contributed by atoms with Crippen molar-refractivity contribution in [1.82, 2.24) is 40.7 Å². The number of urea groups is 1. The summed E-state index contributed by atoms with van der Waals surface area (Å²) in [6, 6.07) is 1.70. The number of aliphatic carboxylic acids is 1. The number of rotatable bonds is 8. The molecule has 3 atom stereocenters. The van der Waals surface area contributed by atoms with E-state index >= 15 is 0 Å². The SMILES string of the molecule is Cn1nnnc1SCC1=C(C(=O)O)N2C(=O)[C@@H](NC(=O)C(NC(N)=O)c3ccccn3)C2SC1. The van der Waals surface area contributed by atoms with Crippen LogP contribution >= 0.6 is 23.5 Å². The van der Waals surface area contributed by atoms with Gasteiger partial charge in [0, 0.05) is 24.8 Å². The fraction of sp³-hybridized carbons (Fsp3) is 0.333. The van der Waals surface area contributed by atoms with Gasteiger partial charge in [-0.3, -0.25) is 19.5 Å². The molecule has 34 heavy (non-hydrogen) atoms. The third kappa shape index (κ3) is 4.54. The van der Waals surface area contributed by atoms with E-state index in [4.69, 9.17) is 5.73 Å². The number of hydrogen-bond donors (Lipinski definition) is 4. The highest BCUT2D eigenvalue weighted by Gasteiger charge is 2.54. The number of tetrazole rings is 1. The summed E-state index contributed by atoms with van der Waals surface area (Å²) >= 11 is 2.58. The Bertz CT molecular complexity index is 1170. The summed E-state index contributed by atoms with van der Waals surface area (Å²) in [5.74, 6) is -1.88. The number of β-lactam (4-membered cyclic amide) rings is 1. The molecule has 178 valence electrons. The minimum absolute atomic E-state index is 0.113. The molecule has 16 heteroatoms. The summed E-state index contributed by atoms with van der Waals surface area (Å²) in [6.07, 6.45) is 1.45. The van der Waals surface area contributed by atoms with E-state index in [1.807, 2.05) is 0 Å². The van der Waals surface area contributed by atoms with Gasteiger partial charge >= 0.3 is 12.0 Å². The van der Waals surface area contributed by atoms with E-state index in [-0.39, 0.29) is 17.1 Å². The summed E-state index contributed by atoms with van der Waals surface area (Å²) in [7, 11) is 1.66. The minimum Gasteiger partial charge on any atom is -0.477 e. The van der Waals surface area contributed by atoms with Crippen LogP contribution in [0.5, 0.6) is 0 Å². The van der Waals surface area contributed by atoms with Crippen molar-refractivity contribution < 1.29 is 24.3 Å². The number of carbonyl (C=O) groups is 4. The Hall–Kier alpha value is -3.66. The lowest BCUT2D eigenvalue weighted by Crippen LogP contribution is -2.71. The van der Waals surface area contributed by atoms with Crippen molar-refractivity contribution in [3.8, 4) is 0 Å². The smallest absolute Gasteiger partial charge is 0.352 e. The van der Waals surface area contributed by atoms with E-state index in [0.29, 0.717) is 16.5 Å². The number of pyridine rings is 1. The van der Waals surface area contributed by atoms with Gasteiger partial charge in [-0.1, -0.05) is 17.8 Å². The zero-order valence-corrected chi connectivity index (χ0v) is 19.2. The molecule has 1 saturated heterocycles. The van der Waals surface area contributed by atoms with Gasteiger partial charge in [-0.05, 0) is 28.1 Å². The van der Waals surface area contributed by atoms with Gasteiger partial charge in [-0.2, -0.15) is 0 Å². The average molecular weight is 506 g/mol. The predicted octanol–water partition coefficient (Wildman–Crippen LogP) is -1.15. The van der Waals surface area contributed by atoms with Gasteiger partial charge in [0.1, 0.15) is 17.1 Å². The lowest BCUT2D eigenvalue weighted by atomic mass is 10.0. The molecule has 2 unspecified atom stereocenters. The highest BCUT2D eigenvalue weighted by Crippen LogP contribution is 2.41. The molecule has 5 N–H and O–H groups in total. The molecule has 2 aromatic rings. The lowest BCUT2D eigenvalue weighted by molar-refractivity contribution is -0.151. The Morgan fingerprint density at radius 2 is 2.18 bits per heavy atom. The molecule has 0 bridgehead atoms. The second-order valence-corrected chi connectivity index (χ2v) is 9.27. The number of nitrogens with one attached hydrogen (secondary N) is 2. The van der Waals surface area contributed by atoms with Crippen molar-refractivity contribution in [2.75, 3.05) is 11.5 Å². The summed E-state index contributed by atoms with van der Waals surface area (Å²) in [6.45, 7) is 0. The number of carbonyl (C=O) groups excluding carboxylic acids is 3. The normalized spacial score (nSPS) is 20.3. The molecule has 0 aliphatic carbocycles. The molecule has 4 heterocycles. The Labute approximate surface area is 200 Å². The van der Waals surface area contributed by atoms with Gasteiger partial charge in [0.15, 0.2) is 6.04 Å². The van der Waals surface area contributed by atoms with Crippen LogP contribution in [0.4, 0.5) is 4.79 Å². The number of nitrogens with two attached hydrogens (primary N) is 1. The number of carboxylic acid groups (broad SMARTS) is 1. The maximum atomic E-state index is 12.9. The van der Waals surface area contributed by atoms with E-state index < -0.39 is 41.3 Å². The molecule has 0 aromatic carbocycles. The van der Waals surface area contributed by atoms with Gasteiger partial charge in [0.2, 0.25) is 11.1 Å². The van der Waals surface area contributed by atoms with E-state index in [9.17, 15) is 24.3 Å². The zero-order chi connectivity index (χ0) is 24.4. The van der Waals surface area contributed by atoms with Crippen molar-refractivity contribution in [3.63, 3.8) is 0 Å². The topological polar surface area (TPSA) is 198 Å². The number of nitrogens with zero attached hydrogens (tertiary/aromatic N) is 6. The third-order valence-electron chi connectivity index (χ3n) is 5.04. The molecule has 0 spiro atoms. The number of carboxylic acids is 1. The minimum atomic E-state index is -1.24. The van der Waals surface area contributed by atoms with Gasteiger partial charge < -0.3 is 21.5 Å². The molecule has 14 nitrogen and oxygen atoms in total. The van der Waals surface area contributed by atoms with Gasteiger partial charge in [-0.15, -0.1) is 16.9 Å². The summed E-state index contributed by atoms with van der Waals surface area (Å²) in [4.78, 5) is 54.4. The fourth-order valence-electron chi connectivity index (χ4n) is 3.49. The number of primary amides is 1. The van der Waals surface area contributed by atoms with Crippen molar-refractivity contribution in [3.05, 3.63) is 41.4 Å². The Balaban J connectivity index is 1.49. The number of aromatic nitrogens is 5. The maximum absolute atomic E-state index is 12.9. The van der Waals surface area contributed by atoms with Crippen LogP contribution in [0.15, 0.2) is 40.8 Å². The van der Waals surface area contributed by atoms with E-state index in [2.05, 4.69) is 31.1 Å². The molecule has 0 saturated carbocycles. The quantitative estimate of drug-likeness (QED) is 0.249. The number of hydrogen-bond acceptors (Lipinski definition) is 10. The van der Waals surface area contributed by atoms with Gasteiger partial charge in [-0.25, -0.2) is 14.3 Å².